The first-order chi connectivity index (χ1) is 14.9. The molecule has 0 unspecified atom stereocenters. The minimum atomic E-state index is -1.09. The highest BCUT2D eigenvalue weighted by Crippen LogP contribution is 2.34. The van der Waals surface area contributed by atoms with Crippen molar-refractivity contribution in [3.05, 3.63) is 82.9 Å². The number of rotatable bonds is 6. The molecule has 8 heteroatoms. The molecule has 31 heavy (non-hydrogen) atoms. The second-order valence-electron chi connectivity index (χ2n) is 6.71. The molecule has 0 fully saturated rings. The Morgan fingerprint density at radius 3 is 2.32 bits per heavy atom. The van der Waals surface area contributed by atoms with Crippen molar-refractivity contribution >= 4 is 29.4 Å². The average Bonchev–Trinajstić information content (AvgIpc) is 3.38. The molecular formula is C23H17N3O4S. The minimum Gasteiger partial charge on any atom is -0.478 e. The molecule has 2 N–H and O–H groups in total. The van der Waals surface area contributed by atoms with Crippen LogP contribution >= 0.6 is 11.3 Å². The highest BCUT2D eigenvalue weighted by atomic mass is 32.1. The molecule has 0 aliphatic rings. The van der Waals surface area contributed by atoms with Crippen molar-refractivity contribution in [3.63, 3.8) is 0 Å². The van der Waals surface area contributed by atoms with Crippen molar-refractivity contribution in [1.82, 2.24) is 14.8 Å². The number of benzene rings is 2. The van der Waals surface area contributed by atoms with Crippen LogP contribution < -0.4 is 0 Å². The molecule has 2 aromatic heterocycles. The lowest BCUT2D eigenvalue weighted by Crippen LogP contribution is -2.02. The van der Waals surface area contributed by atoms with Gasteiger partial charge in [0.1, 0.15) is 0 Å². The molecule has 0 atom stereocenters. The van der Waals surface area contributed by atoms with Crippen LogP contribution in [0, 0.1) is 6.92 Å². The van der Waals surface area contributed by atoms with Gasteiger partial charge in [0.2, 0.25) is 5.13 Å². The van der Waals surface area contributed by atoms with Crippen LogP contribution in [0.15, 0.2) is 66.1 Å². The Balaban J connectivity index is 1.86. The Labute approximate surface area is 181 Å². The maximum Gasteiger partial charge on any atom is 0.355 e. The molecule has 0 saturated heterocycles. The van der Waals surface area contributed by atoms with Crippen molar-refractivity contribution in [2.45, 2.75) is 6.92 Å². The highest BCUT2D eigenvalue weighted by molar-refractivity contribution is 7.12. The van der Waals surface area contributed by atoms with Crippen LogP contribution in [0.4, 0.5) is 0 Å². The third-order valence-electron chi connectivity index (χ3n) is 4.66. The molecule has 154 valence electrons. The van der Waals surface area contributed by atoms with Crippen LogP contribution in [0.3, 0.4) is 0 Å². The van der Waals surface area contributed by atoms with Crippen LogP contribution in [-0.4, -0.2) is 36.9 Å². The van der Waals surface area contributed by atoms with Crippen LogP contribution in [0.5, 0.6) is 0 Å². The van der Waals surface area contributed by atoms with Gasteiger partial charge < -0.3 is 10.2 Å². The smallest absolute Gasteiger partial charge is 0.355 e. The summed E-state index contributed by atoms with van der Waals surface area (Å²) < 4.78 is 1.66. The fourth-order valence-electron chi connectivity index (χ4n) is 3.22. The van der Waals surface area contributed by atoms with Gasteiger partial charge in [-0.25, -0.2) is 19.3 Å². The number of carboxylic acids is 2. The summed E-state index contributed by atoms with van der Waals surface area (Å²) in [6.45, 7) is 1.96. The number of carbonyl (C=O) groups is 2. The molecule has 0 amide bonds. The lowest BCUT2D eigenvalue weighted by molar-refractivity contribution is -0.131. The SMILES string of the molecule is Cc1c(-c2ccccc2)nn(-c2nc(C(=O)O)cs2)c1-c1ccc(C=CC(=O)O)cc1. The standard InChI is InChI=1S/C23H17N3O4S/c1-14-20(16-5-3-2-4-6-16)25-26(23-24-18(13-31-23)22(29)30)21(14)17-10-7-15(8-11-17)9-12-19(27)28/h2-13H,1H3,(H,27,28)(H,29,30). The summed E-state index contributed by atoms with van der Waals surface area (Å²) in [6, 6.07) is 17.1. The second kappa shape index (κ2) is 8.37. The number of carboxylic acid groups (broad SMARTS) is 2. The average molecular weight is 431 g/mol. The first-order valence-electron chi connectivity index (χ1n) is 9.29. The zero-order chi connectivity index (χ0) is 22.0. The fraction of sp³-hybridized carbons (Fsp3) is 0.0435. The molecule has 0 bridgehead atoms. The van der Waals surface area contributed by atoms with Crippen LogP contribution in [0.1, 0.15) is 21.6 Å². The molecule has 0 radical (unpaired) electrons. The zero-order valence-electron chi connectivity index (χ0n) is 16.4. The van der Waals surface area contributed by atoms with E-state index in [-0.39, 0.29) is 5.69 Å². The van der Waals surface area contributed by atoms with Crippen LogP contribution in [0.25, 0.3) is 33.7 Å². The van der Waals surface area contributed by atoms with Gasteiger partial charge in [0.25, 0.3) is 0 Å². The molecule has 0 aliphatic carbocycles. The van der Waals surface area contributed by atoms with E-state index in [0.717, 1.165) is 39.7 Å². The monoisotopic (exact) mass is 431 g/mol. The third-order valence-corrected chi connectivity index (χ3v) is 5.48. The summed E-state index contributed by atoms with van der Waals surface area (Å²) in [6.07, 6.45) is 2.60. The molecule has 0 aliphatic heterocycles. The molecule has 4 rings (SSSR count). The summed E-state index contributed by atoms with van der Waals surface area (Å²) in [5.74, 6) is -2.10. The summed E-state index contributed by atoms with van der Waals surface area (Å²) >= 11 is 1.20. The maximum atomic E-state index is 11.3. The number of thiazole rings is 1. The van der Waals surface area contributed by atoms with Gasteiger partial charge in [-0.1, -0.05) is 54.6 Å². The summed E-state index contributed by atoms with van der Waals surface area (Å²) in [4.78, 5) is 26.3. The quantitative estimate of drug-likeness (QED) is 0.426. The van der Waals surface area contributed by atoms with Crippen molar-refractivity contribution in [3.8, 4) is 27.6 Å². The zero-order valence-corrected chi connectivity index (χ0v) is 17.2. The van der Waals surface area contributed by atoms with E-state index in [1.54, 1.807) is 4.68 Å². The second-order valence-corrected chi connectivity index (χ2v) is 7.55. The van der Waals surface area contributed by atoms with Gasteiger partial charge in [0.05, 0.1) is 11.4 Å². The van der Waals surface area contributed by atoms with E-state index in [0.29, 0.717) is 5.13 Å². The first kappa shape index (κ1) is 20.2. The largest absolute Gasteiger partial charge is 0.478 e. The van der Waals surface area contributed by atoms with Gasteiger partial charge >= 0.3 is 11.9 Å². The van der Waals surface area contributed by atoms with Crippen LogP contribution in [0.2, 0.25) is 0 Å². The number of hydrogen-bond acceptors (Lipinski definition) is 5. The Morgan fingerprint density at radius 2 is 1.71 bits per heavy atom. The van der Waals surface area contributed by atoms with E-state index in [9.17, 15) is 14.7 Å². The van der Waals surface area contributed by atoms with Gasteiger partial charge in [0.15, 0.2) is 5.69 Å². The summed E-state index contributed by atoms with van der Waals surface area (Å²) in [5.41, 5.74) is 5.00. The molecule has 0 spiro atoms. The normalized spacial score (nSPS) is 11.1. The summed E-state index contributed by atoms with van der Waals surface area (Å²) in [7, 11) is 0. The fourth-order valence-corrected chi connectivity index (χ4v) is 3.98. The van der Waals surface area contributed by atoms with Gasteiger partial charge in [0, 0.05) is 28.1 Å². The van der Waals surface area contributed by atoms with E-state index in [1.807, 2.05) is 61.5 Å². The van der Waals surface area contributed by atoms with E-state index in [1.165, 1.54) is 22.8 Å². The molecule has 0 saturated carbocycles. The lowest BCUT2D eigenvalue weighted by atomic mass is 10.0. The lowest BCUT2D eigenvalue weighted by Gasteiger charge is -2.06. The maximum absolute atomic E-state index is 11.3. The predicted octanol–water partition coefficient (Wildman–Crippen LogP) is 4.77. The summed E-state index contributed by atoms with van der Waals surface area (Å²) in [5, 5.41) is 24.8. The van der Waals surface area contributed by atoms with Gasteiger partial charge in [-0.15, -0.1) is 11.3 Å². The van der Waals surface area contributed by atoms with E-state index in [2.05, 4.69) is 4.98 Å². The molecule has 7 nitrogen and oxygen atoms in total. The first-order valence-corrected chi connectivity index (χ1v) is 10.2. The van der Waals surface area contributed by atoms with Crippen molar-refractivity contribution < 1.29 is 19.8 Å². The molecular weight excluding hydrogens is 414 g/mol. The number of aromatic nitrogens is 3. The number of hydrogen-bond donors (Lipinski definition) is 2. The minimum absolute atomic E-state index is 0.0329. The Morgan fingerprint density at radius 1 is 1.00 bits per heavy atom. The Hall–Kier alpha value is -4.04. The van der Waals surface area contributed by atoms with Crippen molar-refractivity contribution in [2.75, 3.05) is 0 Å². The molecule has 2 aromatic carbocycles. The van der Waals surface area contributed by atoms with Crippen molar-refractivity contribution in [2.24, 2.45) is 0 Å². The van der Waals surface area contributed by atoms with E-state index >= 15 is 0 Å². The third kappa shape index (κ3) is 4.15. The Bertz CT molecular complexity index is 1290. The van der Waals surface area contributed by atoms with Crippen LogP contribution in [-0.2, 0) is 4.79 Å². The van der Waals surface area contributed by atoms with Gasteiger partial charge in [-0.3, -0.25) is 0 Å². The van der Waals surface area contributed by atoms with E-state index < -0.39 is 11.9 Å². The highest BCUT2D eigenvalue weighted by Gasteiger charge is 2.21. The Kier molecular flexibility index (Phi) is 5.46. The predicted molar refractivity (Wildman–Crippen MR) is 118 cm³/mol. The number of nitrogens with zero attached hydrogens (tertiary/aromatic N) is 3. The van der Waals surface area contributed by atoms with Gasteiger partial charge in [-0.05, 0) is 18.6 Å². The topological polar surface area (TPSA) is 105 Å². The number of aliphatic carboxylic acids is 1. The van der Waals surface area contributed by atoms with E-state index in [4.69, 9.17) is 10.2 Å². The molecule has 4 aromatic rings. The van der Waals surface area contributed by atoms with Gasteiger partial charge in [-0.2, -0.15) is 5.10 Å². The number of aromatic carboxylic acids is 1. The van der Waals surface area contributed by atoms with Crippen molar-refractivity contribution in [1.29, 1.82) is 0 Å². The molecule has 2 heterocycles.